The van der Waals surface area contributed by atoms with E-state index in [0.717, 1.165) is 24.8 Å². The van der Waals surface area contributed by atoms with Gasteiger partial charge in [0.1, 0.15) is 6.61 Å². The molecule has 5 rings (SSSR count). The van der Waals surface area contributed by atoms with Crippen LogP contribution in [0.2, 0.25) is 0 Å². The average molecular weight is 533 g/mol. The zero-order valence-electron chi connectivity index (χ0n) is 21.3. The molecule has 194 valence electrons. The summed E-state index contributed by atoms with van der Waals surface area (Å²) in [6.07, 6.45) is 6.71. The second-order valence-electron chi connectivity index (χ2n) is 11.2. The number of carbonyl (C=O) groups is 2. The predicted molar refractivity (Wildman–Crippen MR) is 121 cm³/mol. The van der Waals surface area contributed by atoms with Crippen LogP contribution in [0.4, 0.5) is 0 Å². The third kappa shape index (κ3) is 4.16. The van der Waals surface area contributed by atoms with Crippen LogP contribution >= 0.6 is 0 Å². The van der Waals surface area contributed by atoms with Crippen LogP contribution in [0, 0.1) is 28.6 Å². The van der Waals surface area contributed by atoms with Crippen molar-refractivity contribution in [3.63, 3.8) is 0 Å². The first-order valence-electron chi connectivity index (χ1n) is 12.4. The number of hydrogen-bond acceptors (Lipinski definition) is 9. The fourth-order valence-electron chi connectivity index (χ4n) is 8.24. The van der Waals surface area contributed by atoms with Crippen molar-refractivity contribution in [1.29, 1.82) is 0 Å². The largest absolute Gasteiger partial charge is 1.00 e. The normalized spacial score (nSPS) is 45.1. The Kier molecular flexibility index (Phi) is 7.65. The third-order valence-corrected chi connectivity index (χ3v) is 9.97. The van der Waals surface area contributed by atoms with Crippen molar-refractivity contribution in [2.24, 2.45) is 28.6 Å². The summed E-state index contributed by atoms with van der Waals surface area (Å²) < 4.78 is 50.3. The van der Waals surface area contributed by atoms with Crippen LogP contribution in [0.3, 0.4) is 0 Å². The second kappa shape index (κ2) is 9.64. The van der Waals surface area contributed by atoms with Crippen LogP contribution in [-0.4, -0.2) is 60.3 Å². The smallest absolute Gasteiger partial charge is 0.726 e. The van der Waals surface area contributed by atoms with E-state index in [0.29, 0.717) is 12.8 Å². The van der Waals surface area contributed by atoms with Gasteiger partial charge in [0.25, 0.3) is 0 Å². The van der Waals surface area contributed by atoms with Gasteiger partial charge in [-0.3, -0.25) is 13.8 Å². The van der Waals surface area contributed by atoms with E-state index in [1.165, 1.54) is 0 Å². The Morgan fingerprint density at radius 3 is 2.72 bits per heavy atom. The Morgan fingerprint density at radius 1 is 1.33 bits per heavy atom. The van der Waals surface area contributed by atoms with Crippen molar-refractivity contribution in [2.45, 2.75) is 83.4 Å². The van der Waals surface area contributed by atoms with E-state index in [9.17, 15) is 27.7 Å². The molecule has 36 heavy (non-hydrogen) atoms. The molecule has 0 spiro atoms. The van der Waals surface area contributed by atoms with Crippen LogP contribution in [0.25, 0.3) is 0 Å². The predicted octanol–water partition coefficient (Wildman–Crippen LogP) is -0.795. The molecular weight excluding hydrogens is 499 g/mol. The summed E-state index contributed by atoms with van der Waals surface area (Å²) in [7, 11) is -5.07. The number of hydrogen-bond donors (Lipinski definition) is 1. The molecule has 0 aromatic carbocycles. The maximum absolute atomic E-state index is 13.6. The van der Waals surface area contributed by atoms with E-state index < -0.39 is 57.7 Å². The minimum Gasteiger partial charge on any atom is -0.726 e. The minimum atomic E-state index is -5.07. The molecule has 3 saturated carbocycles. The summed E-state index contributed by atoms with van der Waals surface area (Å²) in [6, 6.07) is 0. The Labute approximate surface area is 234 Å². The second-order valence-corrected chi connectivity index (χ2v) is 12.3. The molecule has 1 aliphatic heterocycles. The van der Waals surface area contributed by atoms with Crippen LogP contribution in [-0.2, 0) is 33.6 Å². The van der Waals surface area contributed by atoms with E-state index in [1.807, 2.05) is 19.9 Å². The molecule has 0 aromatic rings. The number of allylic oxidation sites excluding steroid dienone is 4. The standard InChI is InChI=1S/C25H34O9S.Na/c1-4-5-21-33-20-11-17-16-7-6-14-10-15(26)8-9-23(14,2)22(16)18(27)12-24(17,3)25(20,34-21)19(28)13-32-35(29,30)31;/h8-10,16-18,20-22,27H,4-7,11-13H2,1-3H3,(H,29,30,31);/q;+1/p-1/t16-,17-,18-,20+,21?,22+,23-,24-,25+;/m0./s1. The van der Waals surface area contributed by atoms with Crippen molar-refractivity contribution < 1.29 is 70.9 Å². The third-order valence-electron chi connectivity index (χ3n) is 9.56. The number of fused-ring (bicyclic) bond motifs is 7. The summed E-state index contributed by atoms with van der Waals surface area (Å²) >= 11 is 0. The van der Waals surface area contributed by atoms with Gasteiger partial charge in [0, 0.05) is 16.7 Å². The Balaban J connectivity index is 0.00000304. The number of ether oxygens (including phenoxy) is 2. The molecule has 4 aliphatic carbocycles. The summed E-state index contributed by atoms with van der Waals surface area (Å²) in [6.45, 7) is 5.04. The van der Waals surface area contributed by atoms with Crippen LogP contribution < -0.4 is 29.6 Å². The molecule has 0 radical (unpaired) electrons. The Hall–Kier alpha value is -0.430. The molecular formula is C25H33NaO9S. The van der Waals surface area contributed by atoms with Crippen LogP contribution in [0.1, 0.15) is 59.3 Å². The Morgan fingerprint density at radius 2 is 2.06 bits per heavy atom. The molecule has 1 unspecified atom stereocenters. The van der Waals surface area contributed by atoms with Gasteiger partial charge in [0.15, 0.2) is 23.5 Å². The number of rotatable bonds is 6. The number of ketones is 2. The molecule has 4 fully saturated rings. The number of carbonyl (C=O) groups excluding carboxylic acids is 2. The molecule has 0 amide bonds. The first-order valence-corrected chi connectivity index (χ1v) is 13.8. The summed E-state index contributed by atoms with van der Waals surface area (Å²) in [5.41, 5.74) is -1.79. The van der Waals surface area contributed by atoms with E-state index in [-0.39, 0.29) is 59.5 Å². The summed E-state index contributed by atoms with van der Waals surface area (Å²) in [5.74, 6) is -0.814. The molecule has 9 atom stereocenters. The number of aliphatic hydroxyl groups is 1. The topological polar surface area (TPSA) is 139 Å². The zero-order valence-corrected chi connectivity index (χ0v) is 24.1. The number of aliphatic hydroxyl groups excluding tert-OH is 1. The van der Waals surface area contributed by atoms with Gasteiger partial charge in [-0.25, -0.2) is 8.42 Å². The summed E-state index contributed by atoms with van der Waals surface area (Å²) in [4.78, 5) is 25.7. The van der Waals surface area contributed by atoms with Gasteiger partial charge < -0.3 is 19.1 Å². The van der Waals surface area contributed by atoms with Crippen molar-refractivity contribution in [1.82, 2.24) is 0 Å². The molecule has 1 heterocycles. The SMILES string of the molecule is CCCC1O[C@@H]2C[C@H]3[C@@H]4CCC5=CC(=O)C=C[C@]5(C)[C@H]4[C@@H](O)C[C@]3(C)[C@]2(C(=O)COS(=O)(=O)[O-])O1.[Na+]. The van der Waals surface area contributed by atoms with E-state index in [1.54, 1.807) is 12.2 Å². The van der Waals surface area contributed by atoms with Gasteiger partial charge >= 0.3 is 29.6 Å². The van der Waals surface area contributed by atoms with Crippen molar-refractivity contribution >= 4 is 22.0 Å². The maximum atomic E-state index is 13.6. The zero-order chi connectivity index (χ0) is 25.4. The fraction of sp³-hybridized carbons (Fsp3) is 0.760. The summed E-state index contributed by atoms with van der Waals surface area (Å²) in [5, 5.41) is 11.6. The Bertz CT molecular complexity index is 1100. The minimum absolute atomic E-state index is 0. The maximum Gasteiger partial charge on any atom is 1.00 e. The fourth-order valence-corrected chi connectivity index (χ4v) is 8.49. The van der Waals surface area contributed by atoms with E-state index >= 15 is 0 Å². The van der Waals surface area contributed by atoms with Gasteiger partial charge in [-0.2, -0.15) is 0 Å². The molecule has 9 nitrogen and oxygen atoms in total. The van der Waals surface area contributed by atoms with Crippen LogP contribution in [0.5, 0.6) is 0 Å². The van der Waals surface area contributed by atoms with Gasteiger partial charge in [0.05, 0.1) is 12.2 Å². The first-order chi connectivity index (χ1) is 16.4. The van der Waals surface area contributed by atoms with Gasteiger partial charge in [-0.05, 0) is 56.1 Å². The molecule has 1 saturated heterocycles. The molecule has 0 bridgehead atoms. The number of Topliss-reactive ketones (excluding diaryl/α,β-unsaturated/α-hetero) is 1. The molecule has 1 N–H and O–H groups in total. The quantitative estimate of drug-likeness (QED) is 0.265. The van der Waals surface area contributed by atoms with Crippen molar-refractivity contribution in [2.75, 3.05) is 6.61 Å². The monoisotopic (exact) mass is 532 g/mol. The van der Waals surface area contributed by atoms with Gasteiger partial charge in [-0.1, -0.05) is 38.8 Å². The molecule has 5 aliphatic rings. The van der Waals surface area contributed by atoms with Gasteiger partial charge in [-0.15, -0.1) is 0 Å². The molecule has 11 heteroatoms. The van der Waals surface area contributed by atoms with Crippen LogP contribution in [0.15, 0.2) is 23.8 Å². The first kappa shape index (κ1) is 28.6. The van der Waals surface area contributed by atoms with Crippen molar-refractivity contribution in [3.05, 3.63) is 23.8 Å². The molecule has 0 aromatic heterocycles. The van der Waals surface area contributed by atoms with Gasteiger partial charge in [0.2, 0.25) is 10.4 Å². The average Bonchev–Trinajstić information content (AvgIpc) is 3.24. The van der Waals surface area contributed by atoms with E-state index in [2.05, 4.69) is 11.1 Å². The van der Waals surface area contributed by atoms with E-state index in [4.69, 9.17) is 9.47 Å². The van der Waals surface area contributed by atoms with Crippen molar-refractivity contribution in [3.8, 4) is 0 Å².